The van der Waals surface area contributed by atoms with Gasteiger partial charge in [-0.05, 0) is 63.2 Å². The Labute approximate surface area is 187 Å². The van der Waals surface area contributed by atoms with Crippen LogP contribution in [0.1, 0.15) is 19.5 Å². The summed E-state index contributed by atoms with van der Waals surface area (Å²) in [6.07, 6.45) is 0. The maximum absolute atomic E-state index is 13.9. The SMILES string of the molecule is CCN(CC)c1cc(C)nc(Nc2ccc(NS(=O)(=O)c3ccc(OC)c(F)c3)cc2)n1. The van der Waals surface area contributed by atoms with E-state index in [1.54, 1.807) is 24.3 Å². The molecule has 1 aromatic heterocycles. The van der Waals surface area contributed by atoms with Gasteiger partial charge >= 0.3 is 0 Å². The van der Waals surface area contributed by atoms with Gasteiger partial charge in [0, 0.05) is 36.2 Å². The molecule has 0 spiro atoms. The predicted molar refractivity (Wildman–Crippen MR) is 124 cm³/mol. The number of halogens is 1. The molecule has 32 heavy (non-hydrogen) atoms. The maximum atomic E-state index is 13.9. The Morgan fingerprint density at radius 3 is 2.25 bits per heavy atom. The van der Waals surface area contributed by atoms with Crippen molar-refractivity contribution < 1.29 is 17.5 Å². The Balaban J connectivity index is 1.75. The minimum atomic E-state index is -3.96. The lowest BCUT2D eigenvalue weighted by Gasteiger charge is -2.20. The zero-order valence-corrected chi connectivity index (χ0v) is 19.2. The van der Waals surface area contributed by atoms with Gasteiger partial charge in [0.1, 0.15) is 5.82 Å². The lowest BCUT2D eigenvalue weighted by molar-refractivity contribution is 0.385. The zero-order valence-electron chi connectivity index (χ0n) is 18.4. The molecule has 0 fully saturated rings. The molecule has 0 aliphatic heterocycles. The van der Waals surface area contributed by atoms with Crippen molar-refractivity contribution in [3.05, 3.63) is 60.0 Å². The van der Waals surface area contributed by atoms with Gasteiger partial charge in [0.15, 0.2) is 11.6 Å². The van der Waals surface area contributed by atoms with Crippen molar-refractivity contribution in [3.63, 3.8) is 0 Å². The highest BCUT2D eigenvalue weighted by Crippen LogP contribution is 2.24. The fourth-order valence-corrected chi connectivity index (χ4v) is 4.17. The first-order valence-corrected chi connectivity index (χ1v) is 11.6. The third kappa shape index (κ3) is 5.44. The minimum Gasteiger partial charge on any atom is -0.494 e. The molecule has 10 heteroatoms. The molecule has 8 nitrogen and oxygen atoms in total. The summed E-state index contributed by atoms with van der Waals surface area (Å²) in [4.78, 5) is 10.9. The third-order valence-electron chi connectivity index (χ3n) is 4.75. The van der Waals surface area contributed by atoms with Crippen LogP contribution in [0, 0.1) is 12.7 Å². The van der Waals surface area contributed by atoms with E-state index in [-0.39, 0.29) is 10.6 Å². The molecule has 2 aromatic carbocycles. The van der Waals surface area contributed by atoms with Crippen molar-refractivity contribution >= 4 is 33.2 Å². The largest absolute Gasteiger partial charge is 0.494 e. The average Bonchev–Trinajstić information content (AvgIpc) is 2.75. The molecule has 0 saturated carbocycles. The van der Waals surface area contributed by atoms with Crippen LogP contribution in [-0.2, 0) is 10.0 Å². The van der Waals surface area contributed by atoms with Crippen LogP contribution in [-0.4, -0.2) is 38.6 Å². The minimum absolute atomic E-state index is 0.0260. The molecule has 0 atom stereocenters. The maximum Gasteiger partial charge on any atom is 0.262 e. The van der Waals surface area contributed by atoms with E-state index in [1.807, 2.05) is 13.0 Å². The van der Waals surface area contributed by atoms with Gasteiger partial charge in [-0.3, -0.25) is 4.72 Å². The van der Waals surface area contributed by atoms with Crippen LogP contribution < -0.4 is 19.7 Å². The number of hydrogen-bond donors (Lipinski definition) is 2. The highest BCUT2D eigenvalue weighted by Gasteiger charge is 2.17. The smallest absolute Gasteiger partial charge is 0.262 e. The summed E-state index contributed by atoms with van der Waals surface area (Å²) in [5.41, 5.74) is 1.86. The number of sulfonamides is 1. The van der Waals surface area contributed by atoms with Crippen LogP contribution in [0.15, 0.2) is 53.4 Å². The molecule has 0 aliphatic rings. The highest BCUT2D eigenvalue weighted by molar-refractivity contribution is 7.92. The molecule has 3 aromatic rings. The lowest BCUT2D eigenvalue weighted by atomic mass is 10.3. The van der Waals surface area contributed by atoms with E-state index in [9.17, 15) is 12.8 Å². The molecule has 0 saturated heterocycles. The van der Waals surface area contributed by atoms with E-state index in [4.69, 9.17) is 4.74 Å². The van der Waals surface area contributed by atoms with Crippen molar-refractivity contribution in [1.29, 1.82) is 0 Å². The number of anilines is 4. The quantitative estimate of drug-likeness (QED) is 0.492. The summed E-state index contributed by atoms with van der Waals surface area (Å²) in [6, 6.07) is 12.0. The van der Waals surface area contributed by atoms with Crippen LogP contribution in [0.5, 0.6) is 5.75 Å². The van der Waals surface area contributed by atoms with E-state index in [1.165, 1.54) is 19.2 Å². The van der Waals surface area contributed by atoms with Crippen LogP contribution in [0.2, 0.25) is 0 Å². The number of aromatic nitrogens is 2. The Bertz CT molecular complexity index is 1180. The molecule has 0 radical (unpaired) electrons. The zero-order chi connectivity index (χ0) is 23.3. The predicted octanol–water partition coefficient (Wildman–Crippen LogP) is 4.32. The first-order valence-electron chi connectivity index (χ1n) is 10.1. The molecule has 0 aliphatic carbocycles. The van der Waals surface area contributed by atoms with E-state index in [0.717, 1.165) is 30.7 Å². The summed E-state index contributed by atoms with van der Waals surface area (Å²) in [7, 11) is -2.64. The molecule has 0 unspecified atom stereocenters. The first kappa shape index (κ1) is 23.3. The number of nitrogens with zero attached hydrogens (tertiary/aromatic N) is 3. The molecule has 1 heterocycles. The second-order valence-electron chi connectivity index (χ2n) is 6.97. The molecule has 3 rings (SSSR count). The monoisotopic (exact) mass is 459 g/mol. The molecule has 0 amide bonds. The molecule has 2 N–H and O–H groups in total. The summed E-state index contributed by atoms with van der Waals surface area (Å²) < 4.78 is 46.3. The fourth-order valence-electron chi connectivity index (χ4n) is 3.10. The van der Waals surface area contributed by atoms with Crippen molar-refractivity contribution in [2.75, 3.05) is 35.1 Å². The van der Waals surface area contributed by atoms with Gasteiger partial charge in [0.25, 0.3) is 10.0 Å². The van der Waals surface area contributed by atoms with Crippen molar-refractivity contribution in [1.82, 2.24) is 9.97 Å². The van der Waals surface area contributed by atoms with E-state index < -0.39 is 15.8 Å². The standard InChI is InChI=1S/C22H26FN5O3S/c1-5-28(6-2)21-13-15(3)24-22(26-21)25-16-7-9-17(10-8-16)27-32(29,30)18-11-12-20(31-4)19(23)14-18/h7-14,27H,5-6H2,1-4H3,(H,24,25,26). The Kier molecular flexibility index (Phi) is 7.14. The van der Waals surface area contributed by atoms with Crippen LogP contribution >= 0.6 is 0 Å². The summed E-state index contributed by atoms with van der Waals surface area (Å²) in [5.74, 6) is 0.508. The van der Waals surface area contributed by atoms with Gasteiger partial charge in [0.2, 0.25) is 5.95 Å². The summed E-state index contributed by atoms with van der Waals surface area (Å²) >= 11 is 0. The van der Waals surface area contributed by atoms with Gasteiger partial charge < -0.3 is 15.0 Å². The van der Waals surface area contributed by atoms with Gasteiger partial charge in [-0.25, -0.2) is 17.8 Å². The molecular weight excluding hydrogens is 433 g/mol. The number of ether oxygens (including phenoxy) is 1. The number of hydrogen-bond acceptors (Lipinski definition) is 7. The first-order chi connectivity index (χ1) is 15.2. The number of rotatable bonds is 9. The normalized spacial score (nSPS) is 11.2. The average molecular weight is 460 g/mol. The Hall–Kier alpha value is -3.40. The molecule has 0 bridgehead atoms. The van der Waals surface area contributed by atoms with Gasteiger partial charge in [-0.1, -0.05) is 0 Å². The summed E-state index contributed by atoms with van der Waals surface area (Å²) in [6.45, 7) is 7.70. The Morgan fingerprint density at radius 1 is 1.00 bits per heavy atom. The Morgan fingerprint density at radius 2 is 1.66 bits per heavy atom. The summed E-state index contributed by atoms with van der Waals surface area (Å²) in [5, 5.41) is 3.14. The van der Waals surface area contributed by atoms with Crippen molar-refractivity contribution in [2.24, 2.45) is 0 Å². The fraction of sp³-hybridized carbons (Fsp3) is 0.273. The number of nitrogens with one attached hydrogen (secondary N) is 2. The highest BCUT2D eigenvalue weighted by atomic mass is 32.2. The van der Waals surface area contributed by atoms with Gasteiger partial charge in [0.05, 0.1) is 12.0 Å². The van der Waals surface area contributed by atoms with Crippen molar-refractivity contribution in [3.8, 4) is 5.75 Å². The van der Waals surface area contributed by atoms with Gasteiger partial charge in [-0.15, -0.1) is 0 Å². The number of methoxy groups -OCH3 is 1. The topological polar surface area (TPSA) is 96.5 Å². The van der Waals surface area contributed by atoms with Crippen molar-refractivity contribution in [2.45, 2.75) is 25.7 Å². The van der Waals surface area contributed by atoms with E-state index >= 15 is 0 Å². The third-order valence-corrected chi connectivity index (χ3v) is 6.13. The second-order valence-corrected chi connectivity index (χ2v) is 8.65. The molecular formula is C22H26FN5O3S. The lowest BCUT2D eigenvalue weighted by Crippen LogP contribution is -2.23. The van der Waals surface area contributed by atoms with Gasteiger partial charge in [-0.2, -0.15) is 4.98 Å². The second kappa shape index (κ2) is 9.82. The molecule has 170 valence electrons. The van der Waals surface area contributed by atoms with Crippen LogP contribution in [0.3, 0.4) is 0 Å². The number of benzene rings is 2. The van der Waals surface area contributed by atoms with E-state index in [2.05, 4.69) is 38.8 Å². The van der Waals surface area contributed by atoms with Crippen LogP contribution in [0.4, 0.5) is 27.5 Å². The number of aryl methyl sites for hydroxylation is 1. The van der Waals surface area contributed by atoms with E-state index in [0.29, 0.717) is 17.3 Å². The van der Waals surface area contributed by atoms with Crippen LogP contribution in [0.25, 0.3) is 0 Å².